The molecule has 0 unspecified atom stereocenters. The van der Waals surface area contributed by atoms with E-state index in [1.165, 1.54) is 0 Å². The Morgan fingerprint density at radius 1 is 1.24 bits per heavy atom. The molecule has 0 bridgehead atoms. The minimum Gasteiger partial charge on any atom is -0.497 e. The van der Waals surface area contributed by atoms with E-state index in [2.05, 4.69) is 28.1 Å². The average molecular weight is 293 g/mol. The lowest BCUT2D eigenvalue weighted by molar-refractivity contribution is -0.107. The maximum Gasteiger partial charge on any atom is 0.133 e. The molecule has 2 aromatic carbocycles. The lowest BCUT2D eigenvalue weighted by atomic mass is 10.0. The zero-order valence-corrected chi connectivity index (χ0v) is 11.1. The summed E-state index contributed by atoms with van der Waals surface area (Å²) in [5.41, 5.74) is 1.15. The molecule has 3 heteroatoms. The maximum atomic E-state index is 10.6. The molecule has 2 rings (SSSR count). The Labute approximate surface area is 109 Å². The number of hydrogen-bond acceptors (Lipinski definition) is 2. The van der Waals surface area contributed by atoms with Crippen molar-refractivity contribution in [1.82, 2.24) is 0 Å². The van der Waals surface area contributed by atoms with Gasteiger partial charge in [-0.25, -0.2) is 0 Å². The number of aldehydes is 1. The van der Waals surface area contributed by atoms with Crippen molar-refractivity contribution in [3.8, 4) is 5.75 Å². The number of carbonyl (C=O) groups is 1. The van der Waals surface area contributed by atoms with Crippen LogP contribution in [0.4, 0.5) is 0 Å². The highest BCUT2D eigenvalue weighted by Crippen LogP contribution is 2.22. The first-order valence-electron chi connectivity index (χ1n) is 5.39. The molecule has 17 heavy (non-hydrogen) atoms. The van der Waals surface area contributed by atoms with Crippen LogP contribution >= 0.6 is 15.9 Å². The molecule has 0 saturated heterocycles. The molecule has 2 aromatic rings. The first kappa shape index (κ1) is 12.1. The fraction of sp³-hybridized carbons (Fsp3) is 0.214. The summed E-state index contributed by atoms with van der Waals surface area (Å²) in [5.74, 6) is 0.858. The molecule has 0 aliphatic rings. The van der Waals surface area contributed by atoms with E-state index in [0.717, 1.165) is 28.4 Å². The third-order valence-electron chi connectivity index (χ3n) is 2.69. The van der Waals surface area contributed by atoms with Crippen LogP contribution in [0.5, 0.6) is 5.75 Å². The molecule has 0 fully saturated rings. The van der Waals surface area contributed by atoms with Gasteiger partial charge in [0.1, 0.15) is 12.0 Å². The van der Waals surface area contributed by atoms with Crippen LogP contribution in [-0.2, 0) is 11.2 Å². The van der Waals surface area contributed by atoms with Crippen LogP contribution in [0, 0.1) is 0 Å². The first-order chi connectivity index (χ1) is 8.22. The van der Waals surface area contributed by atoms with Crippen LogP contribution in [0.2, 0.25) is 0 Å². The van der Waals surface area contributed by atoms with Crippen LogP contribution in [-0.4, -0.2) is 18.2 Å². The second-order valence-electron chi connectivity index (χ2n) is 3.90. The predicted octanol–water partition coefficient (Wildman–Crippen LogP) is 3.35. The number of hydrogen-bond donors (Lipinski definition) is 0. The number of halogens is 1. The molecule has 0 aromatic heterocycles. The van der Waals surface area contributed by atoms with Crippen LogP contribution in [0.15, 0.2) is 36.4 Å². The third kappa shape index (κ3) is 2.86. The van der Waals surface area contributed by atoms with Crippen molar-refractivity contribution in [2.75, 3.05) is 7.11 Å². The third-order valence-corrected chi connectivity index (χ3v) is 3.23. The smallest absolute Gasteiger partial charge is 0.133 e. The zero-order chi connectivity index (χ0) is 12.3. The van der Waals surface area contributed by atoms with Crippen LogP contribution < -0.4 is 4.74 Å². The summed E-state index contributed by atoms with van der Waals surface area (Å²) in [6.07, 6.45) is 1.63. The van der Waals surface area contributed by atoms with E-state index < -0.39 is 0 Å². The average Bonchev–Trinajstić information content (AvgIpc) is 2.38. The van der Waals surface area contributed by atoms with E-state index in [1.807, 2.05) is 24.3 Å². The van der Waals surface area contributed by atoms with Crippen molar-refractivity contribution in [1.29, 1.82) is 0 Å². The Morgan fingerprint density at radius 2 is 1.94 bits per heavy atom. The minimum absolute atomic E-state index is 0.113. The van der Waals surface area contributed by atoms with Crippen molar-refractivity contribution in [2.45, 2.75) is 11.2 Å². The quantitative estimate of drug-likeness (QED) is 0.638. The largest absolute Gasteiger partial charge is 0.497 e. The molecule has 0 saturated carbocycles. The van der Waals surface area contributed by atoms with Crippen molar-refractivity contribution >= 4 is 33.0 Å². The van der Waals surface area contributed by atoms with Crippen molar-refractivity contribution in [3.05, 3.63) is 42.0 Å². The standard InChI is InChI=1S/C14H13BrO2/c1-17-14-5-4-11-6-10(7-13(15)9-16)2-3-12(11)8-14/h2-6,8-9,13H,7H2,1H3/t13-/m0/s1. The predicted molar refractivity (Wildman–Crippen MR) is 73.0 cm³/mol. The van der Waals surface area contributed by atoms with Gasteiger partial charge >= 0.3 is 0 Å². The van der Waals surface area contributed by atoms with E-state index in [4.69, 9.17) is 4.74 Å². The van der Waals surface area contributed by atoms with E-state index >= 15 is 0 Å². The highest BCUT2D eigenvalue weighted by atomic mass is 79.9. The second-order valence-corrected chi connectivity index (χ2v) is 5.08. The highest BCUT2D eigenvalue weighted by molar-refractivity contribution is 9.09. The molecular weight excluding hydrogens is 280 g/mol. The SMILES string of the molecule is COc1ccc2cc(C[C@H](Br)C=O)ccc2c1. The Bertz CT molecular complexity index is 537. The fourth-order valence-electron chi connectivity index (χ4n) is 1.80. The van der Waals surface area contributed by atoms with Gasteiger partial charge in [0.2, 0.25) is 0 Å². The summed E-state index contributed by atoms with van der Waals surface area (Å²) >= 11 is 3.31. The molecular formula is C14H13BrO2. The molecule has 0 aliphatic carbocycles. The molecule has 0 spiro atoms. The van der Waals surface area contributed by atoms with Crippen LogP contribution in [0.3, 0.4) is 0 Å². The zero-order valence-electron chi connectivity index (χ0n) is 9.52. The molecule has 88 valence electrons. The normalized spacial score (nSPS) is 12.4. The second kappa shape index (κ2) is 5.32. The summed E-state index contributed by atoms with van der Waals surface area (Å²) in [5, 5.41) is 2.30. The summed E-state index contributed by atoms with van der Waals surface area (Å²) in [7, 11) is 1.66. The van der Waals surface area contributed by atoms with Crippen molar-refractivity contribution in [3.63, 3.8) is 0 Å². The topological polar surface area (TPSA) is 26.3 Å². The van der Waals surface area contributed by atoms with Gasteiger partial charge in [0.15, 0.2) is 0 Å². The number of alkyl halides is 1. The van der Waals surface area contributed by atoms with Gasteiger partial charge < -0.3 is 9.53 Å². The molecule has 2 nitrogen and oxygen atoms in total. The van der Waals surface area contributed by atoms with E-state index in [-0.39, 0.29) is 4.83 Å². The number of benzene rings is 2. The molecule has 0 radical (unpaired) electrons. The molecule has 0 heterocycles. The molecule has 0 aliphatic heterocycles. The maximum absolute atomic E-state index is 10.6. The fourth-order valence-corrected chi connectivity index (χ4v) is 2.17. The van der Waals surface area contributed by atoms with Gasteiger partial charge in [-0.15, -0.1) is 0 Å². The summed E-state index contributed by atoms with van der Waals surface area (Å²) < 4.78 is 5.18. The van der Waals surface area contributed by atoms with Gasteiger partial charge in [0.25, 0.3) is 0 Å². The van der Waals surface area contributed by atoms with Gasteiger partial charge in [-0.05, 0) is 34.9 Å². The summed E-state index contributed by atoms with van der Waals surface area (Å²) in [4.78, 5) is 10.5. The van der Waals surface area contributed by atoms with Gasteiger partial charge in [0, 0.05) is 0 Å². The van der Waals surface area contributed by atoms with Crippen LogP contribution in [0.25, 0.3) is 10.8 Å². The lowest BCUT2D eigenvalue weighted by Gasteiger charge is -2.06. The van der Waals surface area contributed by atoms with E-state index in [0.29, 0.717) is 6.42 Å². The Kier molecular flexibility index (Phi) is 3.79. The van der Waals surface area contributed by atoms with Gasteiger partial charge in [-0.1, -0.05) is 40.2 Å². The van der Waals surface area contributed by atoms with Crippen molar-refractivity contribution < 1.29 is 9.53 Å². The Morgan fingerprint density at radius 3 is 2.65 bits per heavy atom. The molecule has 1 atom stereocenters. The minimum atomic E-state index is -0.113. The van der Waals surface area contributed by atoms with Crippen LogP contribution in [0.1, 0.15) is 5.56 Å². The summed E-state index contributed by atoms with van der Waals surface area (Å²) in [6, 6.07) is 12.2. The van der Waals surface area contributed by atoms with Gasteiger partial charge in [-0.3, -0.25) is 0 Å². The first-order valence-corrected chi connectivity index (χ1v) is 6.30. The Hall–Kier alpha value is -1.35. The van der Waals surface area contributed by atoms with Gasteiger partial charge in [0.05, 0.1) is 11.9 Å². The number of methoxy groups -OCH3 is 1. The van der Waals surface area contributed by atoms with E-state index in [1.54, 1.807) is 7.11 Å². The number of fused-ring (bicyclic) bond motifs is 1. The molecule has 0 N–H and O–H groups in total. The highest BCUT2D eigenvalue weighted by Gasteiger charge is 2.04. The Balaban J connectivity index is 2.34. The van der Waals surface area contributed by atoms with E-state index in [9.17, 15) is 4.79 Å². The molecule has 0 amide bonds. The van der Waals surface area contributed by atoms with Gasteiger partial charge in [-0.2, -0.15) is 0 Å². The van der Waals surface area contributed by atoms with Crippen molar-refractivity contribution in [2.24, 2.45) is 0 Å². The number of ether oxygens (including phenoxy) is 1. The number of rotatable bonds is 4. The summed E-state index contributed by atoms with van der Waals surface area (Å²) in [6.45, 7) is 0. The number of carbonyl (C=O) groups excluding carboxylic acids is 1. The lowest BCUT2D eigenvalue weighted by Crippen LogP contribution is -2.03. The monoisotopic (exact) mass is 292 g/mol.